The van der Waals surface area contributed by atoms with E-state index >= 15 is 0 Å². The summed E-state index contributed by atoms with van der Waals surface area (Å²) in [7, 11) is 1.97. The van der Waals surface area contributed by atoms with Crippen molar-refractivity contribution < 1.29 is 14.6 Å². The van der Waals surface area contributed by atoms with Crippen LogP contribution in [0.25, 0.3) is 0 Å². The third-order valence-corrected chi connectivity index (χ3v) is 3.76. The van der Waals surface area contributed by atoms with Crippen LogP contribution in [0.2, 0.25) is 0 Å². The van der Waals surface area contributed by atoms with Gasteiger partial charge in [-0.1, -0.05) is 0 Å². The van der Waals surface area contributed by atoms with E-state index in [1.807, 2.05) is 44.0 Å². The van der Waals surface area contributed by atoms with E-state index in [1.165, 1.54) is 0 Å². The molecule has 1 aliphatic heterocycles. The monoisotopic (exact) mass is 294 g/mol. The molecule has 1 heterocycles. The molecule has 1 aromatic rings. The highest BCUT2D eigenvalue weighted by atomic mass is 16.5. The van der Waals surface area contributed by atoms with Crippen LogP contribution in [0, 0.1) is 0 Å². The molecule has 5 heteroatoms. The first-order valence-electron chi connectivity index (χ1n) is 7.47. The number of nitrogens with zero attached hydrogens (tertiary/aromatic N) is 1. The number of aliphatic hydroxyl groups is 1. The van der Waals surface area contributed by atoms with Crippen molar-refractivity contribution in [3.63, 3.8) is 0 Å². The van der Waals surface area contributed by atoms with Crippen LogP contribution in [-0.4, -0.2) is 43.6 Å². The first-order valence-corrected chi connectivity index (χ1v) is 7.47. The topological polar surface area (TPSA) is 68.0 Å². The first kappa shape index (κ1) is 15.9. The van der Waals surface area contributed by atoms with Gasteiger partial charge in [0.15, 0.2) is 0 Å². The molecule has 0 radical (unpaired) electrons. The molecule has 1 aliphatic rings. The average molecular weight is 294 g/mol. The van der Waals surface area contributed by atoms with Crippen LogP contribution < -0.4 is 15.4 Å². The highest BCUT2D eigenvalue weighted by Gasteiger charge is 2.31. The lowest BCUT2D eigenvalue weighted by Gasteiger charge is -2.36. The second-order valence-corrected chi connectivity index (χ2v) is 6.08. The van der Waals surface area contributed by atoms with E-state index in [1.54, 1.807) is 0 Å². The average Bonchev–Trinajstić information content (AvgIpc) is 2.41. The summed E-state index contributed by atoms with van der Waals surface area (Å²) in [6.07, 6.45) is 1.41. The number of nitrogens with two attached hydrogens (primary N) is 1. The van der Waals surface area contributed by atoms with Gasteiger partial charge in [-0.05, 0) is 26.0 Å². The number of likely N-dealkylation sites (N-methyl/N-ethyl adjacent to an activating group) is 1. The fourth-order valence-corrected chi connectivity index (χ4v) is 2.56. The molecule has 0 atom stereocenters. The predicted molar refractivity (Wildman–Crippen MR) is 84.9 cm³/mol. The number of anilines is 2. The van der Waals surface area contributed by atoms with Crippen LogP contribution in [-0.2, 0) is 4.74 Å². The third-order valence-electron chi connectivity index (χ3n) is 3.76. The van der Waals surface area contributed by atoms with Gasteiger partial charge >= 0.3 is 0 Å². The van der Waals surface area contributed by atoms with Crippen molar-refractivity contribution in [1.29, 1.82) is 0 Å². The van der Waals surface area contributed by atoms with Gasteiger partial charge in [0, 0.05) is 51.4 Å². The van der Waals surface area contributed by atoms with E-state index in [0.717, 1.165) is 5.69 Å². The van der Waals surface area contributed by atoms with Crippen molar-refractivity contribution in [3.8, 4) is 5.75 Å². The van der Waals surface area contributed by atoms with Gasteiger partial charge in [0.2, 0.25) is 0 Å². The van der Waals surface area contributed by atoms with Crippen LogP contribution in [0.5, 0.6) is 5.75 Å². The molecule has 1 saturated heterocycles. The Hall–Kier alpha value is -1.46. The second kappa shape index (κ2) is 6.54. The molecule has 0 unspecified atom stereocenters. The Morgan fingerprint density at radius 1 is 1.38 bits per heavy atom. The van der Waals surface area contributed by atoms with E-state index in [0.29, 0.717) is 44.0 Å². The maximum Gasteiger partial charge on any atom is 0.144 e. The van der Waals surface area contributed by atoms with E-state index in [9.17, 15) is 5.11 Å². The van der Waals surface area contributed by atoms with E-state index in [2.05, 4.69) is 0 Å². The van der Waals surface area contributed by atoms with Crippen LogP contribution in [0.1, 0.15) is 26.7 Å². The summed E-state index contributed by atoms with van der Waals surface area (Å²) in [6, 6.07) is 5.72. The SMILES string of the molecule is CC(C)Oc1cc(N(C)CC2(O)CCOCC2)ccc1N. The number of hydrogen-bond acceptors (Lipinski definition) is 5. The molecule has 5 nitrogen and oxygen atoms in total. The Bertz CT molecular complexity index is 471. The first-order chi connectivity index (χ1) is 9.89. The minimum Gasteiger partial charge on any atom is -0.489 e. The van der Waals surface area contributed by atoms with Gasteiger partial charge in [0.05, 0.1) is 17.4 Å². The Morgan fingerprint density at radius 3 is 2.67 bits per heavy atom. The van der Waals surface area contributed by atoms with Gasteiger partial charge in [-0.2, -0.15) is 0 Å². The highest BCUT2D eigenvalue weighted by Crippen LogP contribution is 2.30. The van der Waals surface area contributed by atoms with E-state index in [4.69, 9.17) is 15.2 Å². The normalized spacial score (nSPS) is 17.8. The molecule has 0 saturated carbocycles. The molecule has 0 amide bonds. The molecule has 0 aliphatic carbocycles. The van der Waals surface area contributed by atoms with Gasteiger partial charge in [0.25, 0.3) is 0 Å². The van der Waals surface area contributed by atoms with Crippen molar-refractivity contribution in [2.45, 2.75) is 38.4 Å². The molecule has 118 valence electrons. The summed E-state index contributed by atoms with van der Waals surface area (Å²) in [4.78, 5) is 2.04. The molecule has 2 rings (SSSR count). The zero-order valence-electron chi connectivity index (χ0n) is 13.1. The maximum absolute atomic E-state index is 10.6. The van der Waals surface area contributed by atoms with E-state index < -0.39 is 5.60 Å². The standard InChI is InChI=1S/C16H26N2O3/c1-12(2)21-15-10-13(4-5-14(15)17)18(3)11-16(19)6-8-20-9-7-16/h4-5,10,12,19H,6-9,11,17H2,1-3H3. The van der Waals surface area contributed by atoms with Crippen LogP contribution in [0.15, 0.2) is 18.2 Å². The maximum atomic E-state index is 10.6. The zero-order chi connectivity index (χ0) is 15.5. The van der Waals surface area contributed by atoms with Gasteiger partial charge in [0.1, 0.15) is 5.75 Å². The Kier molecular flexibility index (Phi) is 4.96. The van der Waals surface area contributed by atoms with E-state index in [-0.39, 0.29) is 6.10 Å². The van der Waals surface area contributed by atoms with Crippen molar-refractivity contribution in [2.75, 3.05) is 37.4 Å². The fourth-order valence-electron chi connectivity index (χ4n) is 2.56. The largest absolute Gasteiger partial charge is 0.489 e. The number of nitrogen functional groups attached to an aromatic ring is 1. The van der Waals surface area contributed by atoms with Crippen molar-refractivity contribution in [3.05, 3.63) is 18.2 Å². The van der Waals surface area contributed by atoms with Crippen LogP contribution in [0.4, 0.5) is 11.4 Å². The van der Waals surface area contributed by atoms with Crippen LogP contribution in [0.3, 0.4) is 0 Å². The summed E-state index contributed by atoms with van der Waals surface area (Å²) in [5, 5.41) is 10.6. The van der Waals surface area contributed by atoms with Gasteiger partial charge < -0.3 is 25.2 Å². The second-order valence-electron chi connectivity index (χ2n) is 6.08. The van der Waals surface area contributed by atoms with Crippen molar-refractivity contribution >= 4 is 11.4 Å². The molecular weight excluding hydrogens is 268 g/mol. The Morgan fingerprint density at radius 2 is 2.05 bits per heavy atom. The molecule has 0 spiro atoms. The fraction of sp³-hybridized carbons (Fsp3) is 0.625. The van der Waals surface area contributed by atoms with Crippen molar-refractivity contribution in [2.24, 2.45) is 0 Å². The molecule has 1 fully saturated rings. The number of hydrogen-bond donors (Lipinski definition) is 2. The predicted octanol–water partition coefficient (Wildman–Crippen LogP) is 2.03. The van der Waals surface area contributed by atoms with Gasteiger partial charge in [-0.25, -0.2) is 0 Å². The molecule has 0 bridgehead atoms. The third kappa shape index (κ3) is 4.25. The van der Waals surface area contributed by atoms with Gasteiger partial charge in [-0.15, -0.1) is 0 Å². The molecule has 0 aromatic heterocycles. The number of rotatable bonds is 5. The number of benzene rings is 1. The van der Waals surface area contributed by atoms with Gasteiger partial charge in [-0.3, -0.25) is 0 Å². The molecule has 21 heavy (non-hydrogen) atoms. The summed E-state index contributed by atoms with van der Waals surface area (Å²) in [6.45, 7) is 5.75. The Labute approximate surface area is 126 Å². The minimum atomic E-state index is -0.687. The summed E-state index contributed by atoms with van der Waals surface area (Å²) < 4.78 is 11.0. The lowest BCUT2D eigenvalue weighted by molar-refractivity contribution is -0.0572. The van der Waals surface area contributed by atoms with Crippen molar-refractivity contribution in [1.82, 2.24) is 0 Å². The summed E-state index contributed by atoms with van der Waals surface area (Å²) in [5.41, 5.74) is 6.87. The lowest BCUT2D eigenvalue weighted by atomic mass is 9.94. The minimum absolute atomic E-state index is 0.0764. The number of ether oxygens (including phenoxy) is 2. The van der Waals surface area contributed by atoms with Crippen LogP contribution >= 0.6 is 0 Å². The molecule has 1 aromatic carbocycles. The summed E-state index contributed by atoms with van der Waals surface area (Å²) >= 11 is 0. The molecule has 3 N–H and O–H groups in total. The Balaban J connectivity index is 2.09. The highest BCUT2D eigenvalue weighted by molar-refractivity contribution is 5.62. The molecular formula is C16H26N2O3. The smallest absolute Gasteiger partial charge is 0.144 e. The quantitative estimate of drug-likeness (QED) is 0.813. The summed E-state index contributed by atoms with van der Waals surface area (Å²) in [5.74, 6) is 0.688. The zero-order valence-corrected chi connectivity index (χ0v) is 13.1. The lowest BCUT2D eigenvalue weighted by Crippen LogP contribution is -2.45.